The Bertz CT molecular complexity index is 433. The van der Waals surface area contributed by atoms with E-state index in [4.69, 9.17) is 4.74 Å². The summed E-state index contributed by atoms with van der Waals surface area (Å²) in [5, 5.41) is 9.23. The van der Waals surface area contributed by atoms with Crippen molar-refractivity contribution in [2.45, 2.75) is 39.7 Å². The number of nitrogens with zero attached hydrogens (tertiary/aromatic N) is 1. The largest absolute Gasteiger partial charge is 0.478 e. The summed E-state index contributed by atoms with van der Waals surface area (Å²) in [6.07, 6.45) is 0. The average molecular weight is 237 g/mol. The van der Waals surface area contributed by atoms with Gasteiger partial charge in [-0.2, -0.15) is 0 Å². The van der Waals surface area contributed by atoms with Crippen LogP contribution in [-0.4, -0.2) is 23.2 Å². The van der Waals surface area contributed by atoms with Crippen molar-refractivity contribution in [3.05, 3.63) is 28.6 Å². The van der Waals surface area contributed by atoms with Crippen LogP contribution in [0, 0.1) is 6.92 Å². The van der Waals surface area contributed by atoms with Gasteiger partial charge in [0.15, 0.2) is 0 Å². The first-order chi connectivity index (χ1) is 7.77. The zero-order valence-electron chi connectivity index (χ0n) is 11.0. The third kappa shape index (κ3) is 3.03. The minimum Gasteiger partial charge on any atom is -0.478 e. The van der Waals surface area contributed by atoms with Crippen molar-refractivity contribution in [1.82, 2.24) is 4.98 Å². The molecule has 1 rings (SSSR count). The summed E-state index contributed by atoms with van der Waals surface area (Å²) < 4.78 is 5.04. The summed E-state index contributed by atoms with van der Waals surface area (Å²) in [4.78, 5) is 15.7. The summed E-state index contributed by atoms with van der Waals surface area (Å²) in [5.41, 5.74) is 2.22. The fourth-order valence-electron chi connectivity index (χ4n) is 1.68. The molecule has 0 unspecified atom stereocenters. The van der Waals surface area contributed by atoms with Crippen LogP contribution in [0.3, 0.4) is 0 Å². The lowest BCUT2D eigenvalue weighted by Gasteiger charge is -2.21. The van der Waals surface area contributed by atoms with Gasteiger partial charge in [0.25, 0.3) is 0 Å². The highest BCUT2D eigenvalue weighted by atomic mass is 16.5. The number of hydrogen-bond acceptors (Lipinski definition) is 3. The van der Waals surface area contributed by atoms with Crippen molar-refractivity contribution < 1.29 is 14.6 Å². The molecule has 0 atom stereocenters. The zero-order chi connectivity index (χ0) is 13.2. The number of hydrogen-bond donors (Lipinski definition) is 1. The van der Waals surface area contributed by atoms with Crippen LogP contribution in [0.1, 0.15) is 48.1 Å². The predicted octanol–water partition coefficient (Wildman–Crippen LogP) is 2.53. The molecule has 17 heavy (non-hydrogen) atoms. The van der Waals surface area contributed by atoms with Gasteiger partial charge in [-0.1, -0.05) is 20.8 Å². The van der Waals surface area contributed by atoms with E-state index in [9.17, 15) is 9.90 Å². The molecule has 1 aromatic rings. The van der Waals surface area contributed by atoms with Crippen molar-refractivity contribution in [2.24, 2.45) is 0 Å². The second-order valence-electron chi connectivity index (χ2n) is 5.12. The van der Waals surface area contributed by atoms with Crippen molar-refractivity contribution in [2.75, 3.05) is 7.11 Å². The maximum absolute atomic E-state index is 11.3. The molecule has 0 aromatic carbocycles. The lowest BCUT2D eigenvalue weighted by atomic mass is 9.87. The second kappa shape index (κ2) is 4.84. The first kappa shape index (κ1) is 13.6. The Morgan fingerprint density at radius 1 is 1.47 bits per heavy atom. The van der Waals surface area contributed by atoms with E-state index in [1.807, 2.05) is 27.7 Å². The van der Waals surface area contributed by atoms with Crippen LogP contribution in [0.2, 0.25) is 0 Å². The Morgan fingerprint density at radius 2 is 2.06 bits per heavy atom. The van der Waals surface area contributed by atoms with Gasteiger partial charge in [0.05, 0.1) is 17.9 Å². The molecule has 0 saturated heterocycles. The van der Waals surface area contributed by atoms with Crippen LogP contribution in [0.4, 0.5) is 0 Å². The van der Waals surface area contributed by atoms with E-state index in [2.05, 4.69) is 4.98 Å². The van der Waals surface area contributed by atoms with Crippen LogP contribution in [-0.2, 0) is 16.8 Å². The highest BCUT2D eigenvalue weighted by Gasteiger charge is 2.24. The van der Waals surface area contributed by atoms with Crippen molar-refractivity contribution >= 4 is 5.97 Å². The number of carbonyl (C=O) groups is 1. The number of carboxylic acids is 1. The van der Waals surface area contributed by atoms with Crippen LogP contribution >= 0.6 is 0 Å². The smallest absolute Gasteiger partial charge is 0.337 e. The Kier molecular flexibility index (Phi) is 3.88. The van der Waals surface area contributed by atoms with Crippen LogP contribution in [0.25, 0.3) is 0 Å². The van der Waals surface area contributed by atoms with E-state index in [0.717, 1.165) is 11.3 Å². The highest BCUT2D eigenvalue weighted by molar-refractivity contribution is 5.89. The standard InChI is InChI=1S/C13H19NO3/c1-8-9(7-17-5)6-10(12(15)16)11(14-8)13(2,3)4/h6H,7H2,1-5H3,(H,15,16). The van der Waals surface area contributed by atoms with Crippen LogP contribution in [0.5, 0.6) is 0 Å². The monoisotopic (exact) mass is 237 g/mol. The van der Waals surface area contributed by atoms with E-state index in [0.29, 0.717) is 12.3 Å². The van der Waals surface area contributed by atoms with Gasteiger partial charge >= 0.3 is 5.97 Å². The summed E-state index contributed by atoms with van der Waals surface area (Å²) in [6, 6.07) is 1.66. The molecule has 0 amide bonds. The number of methoxy groups -OCH3 is 1. The molecule has 0 fully saturated rings. The molecule has 0 aliphatic carbocycles. The topological polar surface area (TPSA) is 59.4 Å². The first-order valence-electron chi connectivity index (χ1n) is 5.50. The molecule has 1 aromatic heterocycles. The number of ether oxygens (including phenoxy) is 1. The number of rotatable bonds is 3. The normalized spacial score (nSPS) is 11.6. The molecular formula is C13H19NO3. The molecule has 1 N–H and O–H groups in total. The molecule has 0 aliphatic rings. The molecule has 4 nitrogen and oxygen atoms in total. The van der Waals surface area contributed by atoms with Gasteiger partial charge in [0.2, 0.25) is 0 Å². The molecule has 94 valence electrons. The SMILES string of the molecule is COCc1cc(C(=O)O)c(C(C)(C)C)nc1C. The lowest BCUT2D eigenvalue weighted by molar-refractivity contribution is 0.0693. The minimum atomic E-state index is -0.945. The van der Waals surface area contributed by atoms with Gasteiger partial charge < -0.3 is 9.84 Å². The third-order valence-electron chi connectivity index (χ3n) is 2.56. The molecule has 0 spiro atoms. The predicted molar refractivity (Wildman–Crippen MR) is 65.3 cm³/mol. The van der Waals surface area contributed by atoms with E-state index >= 15 is 0 Å². The van der Waals surface area contributed by atoms with Crippen LogP contribution in [0.15, 0.2) is 6.07 Å². The van der Waals surface area contributed by atoms with Gasteiger partial charge in [0, 0.05) is 18.2 Å². The number of aromatic carboxylic acids is 1. The Balaban J connectivity index is 3.41. The summed E-state index contributed by atoms with van der Waals surface area (Å²) >= 11 is 0. The Hall–Kier alpha value is -1.42. The maximum Gasteiger partial charge on any atom is 0.337 e. The zero-order valence-corrected chi connectivity index (χ0v) is 11.0. The molecule has 0 bridgehead atoms. The fraction of sp³-hybridized carbons (Fsp3) is 0.538. The third-order valence-corrected chi connectivity index (χ3v) is 2.56. The van der Waals surface area contributed by atoms with Crippen molar-refractivity contribution in [3.8, 4) is 0 Å². The van der Waals surface area contributed by atoms with E-state index in [-0.39, 0.29) is 11.0 Å². The molecule has 0 radical (unpaired) electrons. The lowest BCUT2D eigenvalue weighted by Crippen LogP contribution is -2.20. The van der Waals surface area contributed by atoms with Gasteiger partial charge in [0.1, 0.15) is 0 Å². The van der Waals surface area contributed by atoms with E-state index < -0.39 is 5.97 Å². The summed E-state index contributed by atoms with van der Waals surface area (Å²) in [7, 11) is 1.58. The molecule has 0 aliphatic heterocycles. The summed E-state index contributed by atoms with van der Waals surface area (Å²) in [6.45, 7) is 8.12. The summed E-state index contributed by atoms with van der Waals surface area (Å²) in [5.74, 6) is -0.945. The highest BCUT2D eigenvalue weighted by Crippen LogP contribution is 2.26. The quantitative estimate of drug-likeness (QED) is 0.877. The first-order valence-corrected chi connectivity index (χ1v) is 5.50. The number of carboxylic acid groups (broad SMARTS) is 1. The Labute approximate surface area is 102 Å². The van der Waals surface area contributed by atoms with E-state index in [1.165, 1.54) is 0 Å². The molecule has 0 saturated carbocycles. The minimum absolute atomic E-state index is 0.259. The van der Waals surface area contributed by atoms with Gasteiger partial charge in [-0.15, -0.1) is 0 Å². The Morgan fingerprint density at radius 3 is 2.47 bits per heavy atom. The van der Waals surface area contributed by atoms with Gasteiger partial charge in [-0.25, -0.2) is 4.79 Å². The van der Waals surface area contributed by atoms with Crippen LogP contribution < -0.4 is 0 Å². The van der Waals surface area contributed by atoms with Gasteiger partial charge in [-0.3, -0.25) is 4.98 Å². The maximum atomic E-state index is 11.3. The van der Waals surface area contributed by atoms with Crippen molar-refractivity contribution in [3.63, 3.8) is 0 Å². The molecule has 4 heteroatoms. The number of pyridine rings is 1. The van der Waals surface area contributed by atoms with Crippen molar-refractivity contribution in [1.29, 1.82) is 0 Å². The second-order valence-corrected chi connectivity index (χ2v) is 5.12. The van der Waals surface area contributed by atoms with Gasteiger partial charge in [-0.05, 0) is 18.6 Å². The molecular weight excluding hydrogens is 218 g/mol. The number of aryl methyl sites for hydroxylation is 1. The average Bonchev–Trinajstić information content (AvgIpc) is 2.19. The molecule has 1 heterocycles. The van der Waals surface area contributed by atoms with E-state index in [1.54, 1.807) is 13.2 Å². The fourth-order valence-corrected chi connectivity index (χ4v) is 1.68. The number of aromatic nitrogens is 1.